The number of carbonyl (C=O) groups excluding carboxylic acids is 2. The lowest BCUT2D eigenvalue weighted by Gasteiger charge is -2.48. The molecule has 5 atom stereocenters. The monoisotopic (exact) mass is 670 g/mol. The van der Waals surface area contributed by atoms with Gasteiger partial charge in [0.2, 0.25) is 10.0 Å². The first-order valence-corrected chi connectivity index (χ1v) is 18.5. The number of halogens is 1. The Morgan fingerprint density at radius 3 is 2.65 bits per heavy atom. The molecule has 8 nitrogen and oxygen atoms in total. The van der Waals surface area contributed by atoms with E-state index in [0.717, 1.165) is 55.2 Å². The van der Waals surface area contributed by atoms with Gasteiger partial charge < -0.3 is 14.4 Å². The smallest absolute Gasteiger partial charge is 0.264 e. The lowest BCUT2D eigenvalue weighted by Crippen LogP contribution is -2.53. The number of hydrogen-bond acceptors (Lipinski definition) is 7. The van der Waals surface area contributed by atoms with E-state index >= 15 is 0 Å². The molecule has 0 aromatic heterocycles. The van der Waals surface area contributed by atoms with Crippen LogP contribution in [0.5, 0.6) is 5.75 Å². The minimum absolute atomic E-state index is 0.0372. The maximum Gasteiger partial charge on any atom is 0.264 e. The van der Waals surface area contributed by atoms with Crippen LogP contribution in [-0.4, -0.2) is 51.2 Å². The lowest BCUT2D eigenvalue weighted by atomic mass is 9.64. The molecule has 1 N–H and O–H groups in total. The van der Waals surface area contributed by atoms with Gasteiger partial charge in [0.15, 0.2) is 6.29 Å². The molecule has 2 aromatic rings. The molecule has 0 saturated heterocycles. The molecule has 46 heavy (non-hydrogen) atoms. The predicted octanol–water partition coefficient (Wildman–Crippen LogP) is 6.74. The normalized spacial score (nSPS) is 29.2. The Balaban J connectivity index is 1.58. The average Bonchev–Trinajstić information content (AvgIpc) is 3.03. The van der Waals surface area contributed by atoms with Crippen molar-refractivity contribution in [3.8, 4) is 5.75 Å². The van der Waals surface area contributed by atoms with Crippen LogP contribution in [0.25, 0.3) is 0 Å². The van der Waals surface area contributed by atoms with Crippen molar-refractivity contribution in [1.82, 2.24) is 4.72 Å². The number of carbonyl (C=O) groups is 2. The van der Waals surface area contributed by atoms with Crippen molar-refractivity contribution in [1.29, 1.82) is 0 Å². The second-order valence-corrected chi connectivity index (χ2v) is 16.2. The Labute approximate surface area is 278 Å². The maximum absolute atomic E-state index is 13.4. The van der Waals surface area contributed by atoms with E-state index in [-0.39, 0.29) is 29.2 Å². The Kier molecular flexibility index (Phi) is 10.8. The van der Waals surface area contributed by atoms with Gasteiger partial charge in [0.05, 0.1) is 17.5 Å². The number of fused-ring (bicyclic) bond motifs is 3. The zero-order valence-electron chi connectivity index (χ0n) is 27.3. The van der Waals surface area contributed by atoms with Crippen LogP contribution in [0.1, 0.15) is 81.3 Å². The van der Waals surface area contributed by atoms with E-state index in [1.807, 2.05) is 37.3 Å². The largest absolute Gasteiger partial charge is 0.487 e. The number of anilines is 1. The van der Waals surface area contributed by atoms with Crippen LogP contribution < -0.4 is 14.4 Å². The fraction of sp³-hybridized carbons (Fsp3) is 0.556. The van der Waals surface area contributed by atoms with Crippen LogP contribution in [0.15, 0.2) is 48.6 Å². The average molecular weight is 671 g/mol. The Morgan fingerprint density at radius 2 is 1.93 bits per heavy atom. The van der Waals surface area contributed by atoms with Crippen LogP contribution in [0.3, 0.4) is 0 Å². The summed E-state index contributed by atoms with van der Waals surface area (Å²) in [5.41, 5.74) is 2.09. The molecule has 1 fully saturated rings. The van der Waals surface area contributed by atoms with Crippen molar-refractivity contribution in [2.75, 3.05) is 24.6 Å². The molecule has 2 heterocycles. The van der Waals surface area contributed by atoms with E-state index in [9.17, 15) is 18.0 Å². The van der Waals surface area contributed by atoms with Crippen LogP contribution in [0, 0.1) is 23.7 Å². The number of aldehydes is 1. The molecular formula is C36H47ClN2O6S. The first-order chi connectivity index (χ1) is 21.9. The first-order valence-electron chi connectivity index (χ1n) is 16.6. The number of amides is 1. The van der Waals surface area contributed by atoms with Crippen LogP contribution in [-0.2, 0) is 32.6 Å². The van der Waals surface area contributed by atoms with Crippen molar-refractivity contribution in [3.63, 3.8) is 0 Å². The number of hydrogen-bond donors (Lipinski definition) is 1. The molecule has 5 rings (SSSR count). The Morgan fingerprint density at radius 1 is 1.13 bits per heavy atom. The third-order valence-electron chi connectivity index (χ3n) is 9.95. The van der Waals surface area contributed by atoms with Gasteiger partial charge in [0.25, 0.3) is 5.91 Å². The number of ether oxygens (including phenoxy) is 2. The summed E-state index contributed by atoms with van der Waals surface area (Å²) in [5, 5.41) is -0.154. The van der Waals surface area contributed by atoms with Crippen LogP contribution in [0.2, 0.25) is 5.02 Å². The minimum atomic E-state index is -3.99. The summed E-state index contributed by atoms with van der Waals surface area (Å²) in [5.74, 6) is 0.00316. The van der Waals surface area contributed by atoms with Gasteiger partial charge in [-0.05, 0) is 111 Å². The highest BCUT2D eigenvalue weighted by Crippen LogP contribution is 2.46. The van der Waals surface area contributed by atoms with Gasteiger partial charge in [-0.25, -0.2) is 13.1 Å². The van der Waals surface area contributed by atoms with Crippen molar-refractivity contribution < 1.29 is 27.5 Å². The van der Waals surface area contributed by atoms with E-state index in [0.29, 0.717) is 43.5 Å². The topological polar surface area (TPSA) is 102 Å². The summed E-state index contributed by atoms with van der Waals surface area (Å²) in [4.78, 5) is 28.6. The highest BCUT2D eigenvalue weighted by Gasteiger charge is 2.48. The standard InChI is InChI=1S/C36H47ClN2O6S/c1-24(2)21-45-36(23-40)16-7-8-25(3)26(4)46(42,43)38-35(41)28-12-15-34-33(19-28)39(20-29-11-14-32(29)36)17-6-5-9-27-18-31(37)13-10-30(27)22-44-34/h7,10,12-13,15-16,18-19,23-26,29,32H,5-6,8-9,11,14,17,20-22H2,1-4H3,(H,38,41)/b16-7+/t25-,26+,29-,32+,36+/m0/s1. The quantitative estimate of drug-likeness (QED) is 0.284. The minimum Gasteiger partial charge on any atom is -0.487 e. The van der Waals surface area contributed by atoms with E-state index in [1.54, 1.807) is 25.1 Å². The number of benzene rings is 2. The SMILES string of the molecule is CC(C)CO[C@@]1(C=O)/C=C/C[C@H](C)[C@@H](C)S(=O)(=O)NC(=O)c2ccc3c(c2)N(CCCCc2cc(Cl)ccc2CO3)C[C@@H]2CC[C@H]21. The predicted molar refractivity (Wildman–Crippen MR) is 182 cm³/mol. The zero-order valence-corrected chi connectivity index (χ0v) is 28.9. The summed E-state index contributed by atoms with van der Waals surface area (Å²) in [7, 11) is -3.99. The maximum atomic E-state index is 13.4. The molecule has 1 amide bonds. The van der Waals surface area contributed by atoms with Gasteiger partial charge >= 0.3 is 0 Å². The summed E-state index contributed by atoms with van der Waals surface area (Å²) in [6.07, 6.45) is 9.59. The molecule has 2 bridgehead atoms. The molecule has 3 aliphatic rings. The van der Waals surface area contributed by atoms with E-state index in [4.69, 9.17) is 21.1 Å². The molecule has 10 heteroatoms. The van der Waals surface area contributed by atoms with Crippen molar-refractivity contribution >= 4 is 39.5 Å². The third kappa shape index (κ3) is 7.63. The molecule has 0 unspecified atom stereocenters. The number of nitrogens with zero attached hydrogens (tertiary/aromatic N) is 1. The highest BCUT2D eigenvalue weighted by atomic mass is 35.5. The van der Waals surface area contributed by atoms with Gasteiger partial charge in [0, 0.05) is 29.6 Å². The van der Waals surface area contributed by atoms with E-state index in [1.165, 1.54) is 0 Å². The molecule has 0 spiro atoms. The number of rotatable bonds is 4. The Hall–Kier alpha value is -2.88. The van der Waals surface area contributed by atoms with Gasteiger partial charge in [-0.15, -0.1) is 0 Å². The van der Waals surface area contributed by atoms with Gasteiger partial charge in [0.1, 0.15) is 18.0 Å². The second-order valence-electron chi connectivity index (χ2n) is 13.7. The fourth-order valence-electron chi connectivity index (χ4n) is 6.74. The second kappa shape index (κ2) is 14.5. The molecule has 2 aliphatic heterocycles. The van der Waals surface area contributed by atoms with Gasteiger partial charge in [-0.3, -0.25) is 9.59 Å². The number of nitrogens with one attached hydrogen (secondary N) is 1. The van der Waals surface area contributed by atoms with E-state index < -0.39 is 26.8 Å². The molecule has 1 saturated carbocycles. The molecule has 2 aromatic carbocycles. The summed E-state index contributed by atoms with van der Waals surface area (Å²) >= 11 is 6.34. The van der Waals surface area contributed by atoms with Crippen LogP contribution in [0.4, 0.5) is 5.69 Å². The summed E-state index contributed by atoms with van der Waals surface area (Å²) < 4.78 is 41.9. The fourth-order valence-corrected chi connectivity index (χ4v) is 8.22. The lowest BCUT2D eigenvalue weighted by molar-refractivity contribution is -0.143. The highest BCUT2D eigenvalue weighted by molar-refractivity contribution is 7.90. The summed E-state index contributed by atoms with van der Waals surface area (Å²) in [6.45, 7) is 9.69. The number of allylic oxidation sites excluding steroid dienone is 1. The van der Waals surface area contributed by atoms with Gasteiger partial charge in [-0.2, -0.15) is 0 Å². The molecule has 250 valence electrons. The molecule has 1 aliphatic carbocycles. The molecule has 0 radical (unpaired) electrons. The summed E-state index contributed by atoms with van der Waals surface area (Å²) in [6, 6.07) is 11.0. The van der Waals surface area contributed by atoms with Crippen molar-refractivity contribution in [2.24, 2.45) is 23.7 Å². The number of sulfonamides is 1. The first kappa shape index (κ1) is 34.5. The van der Waals surface area contributed by atoms with Crippen molar-refractivity contribution in [3.05, 3.63) is 70.3 Å². The van der Waals surface area contributed by atoms with Crippen LogP contribution >= 0.6 is 11.6 Å². The van der Waals surface area contributed by atoms with Gasteiger partial charge in [-0.1, -0.05) is 44.5 Å². The third-order valence-corrected chi connectivity index (χ3v) is 12.1. The van der Waals surface area contributed by atoms with Crippen molar-refractivity contribution in [2.45, 2.75) is 83.7 Å². The number of aryl methyl sites for hydroxylation is 1. The zero-order chi connectivity index (χ0) is 33.1. The van der Waals surface area contributed by atoms with E-state index in [2.05, 4.69) is 23.5 Å². The molecular weight excluding hydrogens is 624 g/mol. The Bertz CT molecular complexity index is 1560.